The van der Waals surface area contributed by atoms with E-state index in [1.807, 2.05) is 18.2 Å². The van der Waals surface area contributed by atoms with Gasteiger partial charge in [0.15, 0.2) is 5.78 Å². The minimum atomic E-state index is -0.292. The van der Waals surface area contributed by atoms with Gasteiger partial charge in [0, 0.05) is 36.3 Å². The lowest BCUT2D eigenvalue weighted by molar-refractivity contribution is 0.103. The van der Waals surface area contributed by atoms with E-state index in [0.717, 1.165) is 0 Å². The molecule has 0 bridgehead atoms. The van der Waals surface area contributed by atoms with Crippen LogP contribution in [0.1, 0.15) is 21.6 Å². The molecule has 0 fully saturated rings. The molecule has 0 saturated carbocycles. The summed E-state index contributed by atoms with van der Waals surface area (Å²) in [5.41, 5.74) is 2.38. The third kappa shape index (κ3) is 4.30. The number of nitrogens with zero attached hydrogens (tertiary/aromatic N) is 3. The number of nitrogens with one attached hydrogen (secondary N) is 1. The van der Waals surface area contributed by atoms with Gasteiger partial charge in [0.1, 0.15) is 0 Å². The zero-order valence-corrected chi connectivity index (χ0v) is 14.3. The minimum absolute atomic E-state index is 0.0883. The van der Waals surface area contributed by atoms with Crippen molar-refractivity contribution in [2.75, 3.05) is 12.4 Å². The molecule has 0 spiro atoms. The van der Waals surface area contributed by atoms with Crippen LogP contribution in [0.5, 0.6) is 0 Å². The van der Waals surface area contributed by atoms with Crippen molar-refractivity contribution in [1.82, 2.24) is 14.9 Å². The highest BCUT2D eigenvalue weighted by atomic mass is 16.2. The van der Waals surface area contributed by atoms with E-state index in [0.29, 0.717) is 29.1 Å². The van der Waals surface area contributed by atoms with Gasteiger partial charge in [-0.2, -0.15) is 0 Å². The molecule has 3 aromatic rings. The first kappa shape index (κ1) is 17.3. The molecule has 0 aliphatic heterocycles. The number of aromatic nitrogens is 2. The summed E-state index contributed by atoms with van der Waals surface area (Å²) < 4.78 is 0. The van der Waals surface area contributed by atoms with Crippen LogP contribution in [0.3, 0.4) is 0 Å². The molecule has 0 aliphatic rings. The lowest BCUT2D eigenvalue weighted by Gasteiger charge is -2.17. The molecule has 6 nitrogen and oxygen atoms in total. The number of rotatable bonds is 5. The zero-order valence-electron chi connectivity index (χ0n) is 14.3. The van der Waals surface area contributed by atoms with Crippen LogP contribution in [-0.2, 0) is 6.54 Å². The first-order valence-corrected chi connectivity index (χ1v) is 8.10. The number of benzene rings is 2. The van der Waals surface area contributed by atoms with Crippen molar-refractivity contribution < 1.29 is 9.59 Å². The average Bonchev–Trinajstić information content (AvgIpc) is 2.69. The Labute approximate surface area is 151 Å². The number of carbonyl (C=O) groups is 2. The zero-order chi connectivity index (χ0) is 18.4. The molecule has 1 heterocycles. The van der Waals surface area contributed by atoms with E-state index < -0.39 is 0 Å². The molecule has 130 valence electrons. The predicted molar refractivity (Wildman–Crippen MR) is 98.8 cm³/mol. The van der Waals surface area contributed by atoms with Gasteiger partial charge < -0.3 is 10.2 Å². The maximum absolute atomic E-state index is 12.5. The molecule has 0 saturated heterocycles. The topological polar surface area (TPSA) is 75.2 Å². The predicted octanol–water partition coefficient (Wildman–Crippen LogP) is 3.37. The highest BCUT2D eigenvalue weighted by molar-refractivity contribution is 6.09. The Morgan fingerprint density at radius 3 is 2.50 bits per heavy atom. The number of carbonyl (C=O) groups excluding carboxylic acids is 2. The molecule has 1 aromatic heterocycles. The molecule has 2 amide bonds. The molecule has 0 aliphatic carbocycles. The van der Waals surface area contributed by atoms with Crippen LogP contribution in [-0.4, -0.2) is 33.7 Å². The monoisotopic (exact) mass is 346 g/mol. The molecular formula is C20H18N4O2. The standard InChI is InChI=1S/C20H18N4O2/c1-24(14-18-13-21-10-11-22-18)20(26)23-17-9-5-8-16(12-17)19(25)15-6-3-2-4-7-15/h2-13H,14H2,1H3,(H,23,26). The van der Waals surface area contributed by atoms with Crippen molar-refractivity contribution in [1.29, 1.82) is 0 Å². The number of hydrogen-bond donors (Lipinski definition) is 1. The highest BCUT2D eigenvalue weighted by Gasteiger charge is 2.13. The third-order valence-electron chi connectivity index (χ3n) is 3.77. The average molecular weight is 346 g/mol. The normalized spacial score (nSPS) is 10.2. The Balaban J connectivity index is 1.68. The lowest BCUT2D eigenvalue weighted by atomic mass is 10.0. The van der Waals surface area contributed by atoms with Crippen molar-refractivity contribution >= 4 is 17.5 Å². The van der Waals surface area contributed by atoms with E-state index in [9.17, 15) is 9.59 Å². The smallest absolute Gasteiger partial charge is 0.321 e. The molecule has 0 radical (unpaired) electrons. The van der Waals surface area contributed by atoms with Crippen LogP contribution in [0.2, 0.25) is 0 Å². The Morgan fingerprint density at radius 2 is 1.77 bits per heavy atom. The van der Waals surface area contributed by atoms with Gasteiger partial charge in [0.2, 0.25) is 0 Å². The molecular weight excluding hydrogens is 328 g/mol. The molecule has 3 rings (SSSR count). The quantitative estimate of drug-likeness (QED) is 0.719. The second-order valence-electron chi connectivity index (χ2n) is 5.76. The molecule has 26 heavy (non-hydrogen) atoms. The summed E-state index contributed by atoms with van der Waals surface area (Å²) in [7, 11) is 1.67. The van der Waals surface area contributed by atoms with Crippen LogP contribution >= 0.6 is 0 Å². The summed E-state index contributed by atoms with van der Waals surface area (Å²) in [6, 6.07) is 15.6. The highest BCUT2D eigenvalue weighted by Crippen LogP contribution is 2.15. The van der Waals surface area contributed by atoms with Gasteiger partial charge in [0.25, 0.3) is 0 Å². The van der Waals surface area contributed by atoms with Crippen molar-refractivity contribution in [3.63, 3.8) is 0 Å². The number of anilines is 1. The second kappa shape index (κ2) is 8.02. The molecule has 2 aromatic carbocycles. The summed E-state index contributed by atoms with van der Waals surface area (Å²) in [5, 5.41) is 2.80. The van der Waals surface area contributed by atoms with Gasteiger partial charge in [-0.15, -0.1) is 0 Å². The van der Waals surface area contributed by atoms with Crippen LogP contribution in [0.25, 0.3) is 0 Å². The SMILES string of the molecule is CN(Cc1cnccn1)C(=O)Nc1cccc(C(=O)c2ccccc2)c1. The number of hydrogen-bond acceptors (Lipinski definition) is 4. The fraction of sp³-hybridized carbons (Fsp3) is 0.100. The van der Waals surface area contributed by atoms with Crippen LogP contribution in [0.15, 0.2) is 73.2 Å². The van der Waals surface area contributed by atoms with E-state index >= 15 is 0 Å². The van der Waals surface area contributed by atoms with E-state index in [1.54, 1.807) is 62.0 Å². The molecule has 0 unspecified atom stereocenters. The van der Waals surface area contributed by atoms with Gasteiger partial charge in [-0.1, -0.05) is 42.5 Å². The largest absolute Gasteiger partial charge is 0.322 e. The maximum Gasteiger partial charge on any atom is 0.321 e. The summed E-state index contributed by atoms with van der Waals surface area (Å²) in [5.74, 6) is -0.0883. The van der Waals surface area contributed by atoms with Gasteiger partial charge in [0.05, 0.1) is 18.4 Å². The van der Waals surface area contributed by atoms with E-state index in [2.05, 4.69) is 15.3 Å². The van der Waals surface area contributed by atoms with Crippen molar-refractivity contribution in [3.05, 3.63) is 90.0 Å². The summed E-state index contributed by atoms with van der Waals surface area (Å²) in [6.45, 7) is 0.336. The van der Waals surface area contributed by atoms with Crippen LogP contribution in [0.4, 0.5) is 10.5 Å². The Morgan fingerprint density at radius 1 is 1.00 bits per heavy atom. The third-order valence-corrected chi connectivity index (χ3v) is 3.77. The van der Waals surface area contributed by atoms with E-state index in [1.165, 1.54) is 4.90 Å². The van der Waals surface area contributed by atoms with Gasteiger partial charge in [-0.25, -0.2) is 4.79 Å². The van der Waals surface area contributed by atoms with E-state index in [-0.39, 0.29) is 11.8 Å². The summed E-state index contributed by atoms with van der Waals surface area (Å²) in [4.78, 5) is 34.5. The Bertz CT molecular complexity index is 898. The summed E-state index contributed by atoms with van der Waals surface area (Å²) in [6.07, 6.45) is 4.78. The second-order valence-corrected chi connectivity index (χ2v) is 5.76. The minimum Gasteiger partial charge on any atom is -0.322 e. The van der Waals surface area contributed by atoms with Crippen molar-refractivity contribution in [3.8, 4) is 0 Å². The number of amides is 2. The molecule has 6 heteroatoms. The van der Waals surface area contributed by atoms with Crippen LogP contribution in [0, 0.1) is 0 Å². The number of urea groups is 1. The molecule has 0 atom stereocenters. The maximum atomic E-state index is 12.5. The molecule has 1 N–H and O–H groups in total. The lowest BCUT2D eigenvalue weighted by Crippen LogP contribution is -2.31. The van der Waals surface area contributed by atoms with Crippen molar-refractivity contribution in [2.45, 2.75) is 6.54 Å². The van der Waals surface area contributed by atoms with Gasteiger partial charge >= 0.3 is 6.03 Å². The Hall–Kier alpha value is -3.54. The summed E-state index contributed by atoms with van der Waals surface area (Å²) >= 11 is 0. The van der Waals surface area contributed by atoms with Crippen molar-refractivity contribution in [2.24, 2.45) is 0 Å². The van der Waals surface area contributed by atoms with Crippen LogP contribution < -0.4 is 5.32 Å². The first-order chi connectivity index (χ1) is 12.6. The van der Waals surface area contributed by atoms with Gasteiger partial charge in [-0.3, -0.25) is 14.8 Å². The fourth-order valence-electron chi connectivity index (χ4n) is 2.44. The Kier molecular flexibility index (Phi) is 5.34. The fourth-order valence-corrected chi connectivity index (χ4v) is 2.44. The van der Waals surface area contributed by atoms with Gasteiger partial charge in [-0.05, 0) is 12.1 Å². The first-order valence-electron chi connectivity index (χ1n) is 8.10. The number of ketones is 1. The van der Waals surface area contributed by atoms with E-state index in [4.69, 9.17) is 0 Å².